The second kappa shape index (κ2) is 3.79. The Labute approximate surface area is 71.8 Å². The highest BCUT2D eigenvalue weighted by Gasteiger charge is 2.16. The highest BCUT2D eigenvalue weighted by Crippen LogP contribution is 2.11. The molecule has 13 heavy (non-hydrogen) atoms. The maximum Gasteiger partial charge on any atom is 0.378 e. The summed E-state index contributed by atoms with van der Waals surface area (Å²) in [5.74, 6) is -2.64. The Morgan fingerprint density at radius 2 is 2.31 bits per heavy atom. The molecule has 1 unspecified atom stereocenters. The van der Waals surface area contributed by atoms with Crippen LogP contribution < -0.4 is 4.74 Å². The van der Waals surface area contributed by atoms with E-state index in [2.05, 4.69) is 9.72 Å². The predicted molar refractivity (Wildman–Crippen MR) is 37.4 cm³/mol. The van der Waals surface area contributed by atoms with E-state index in [9.17, 15) is 13.6 Å². The van der Waals surface area contributed by atoms with Gasteiger partial charge in [-0.3, -0.25) is 0 Å². The molecular weight excluding hydrogens is 184 g/mol. The number of halogens is 2. The maximum absolute atomic E-state index is 12.4. The van der Waals surface area contributed by atoms with E-state index in [1.54, 1.807) is 0 Å². The van der Waals surface area contributed by atoms with Gasteiger partial charge in [0.15, 0.2) is 0 Å². The van der Waals surface area contributed by atoms with Crippen molar-refractivity contribution in [1.29, 1.82) is 0 Å². The molecule has 6 heteroatoms. The van der Waals surface area contributed by atoms with E-state index in [1.165, 1.54) is 0 Å². The Kier molecular flexibility index (Phi) is 2.73. The molecule has 1 aromatic rings. The molecule has 0 bridgehead atoms. The summed E-state index contributed by atoms with van der Waals surface area (Å²) < 4.78 is 28.8. The monoisotopic (exact) mass is 189 g/mol. The molecule has 70 valence electrons. The number of aromatic nitrogens is 1. The second-order valence-corrected chi connectivity index (χ2v) is 2.09. The lowest BCUT2D eigenvalue weighted by Gasteiger charge is -2.05. The molecule has 0 saturated heterocycles. The molecule has 1 N–H and O–H groups in total. The first-order chi connectivity index (χ1) is 6.09. The molecule has 1 rings (SSSR count). The van der Waals surface area contributed by atoms with Gasteiger partial charge >= 0.3 is 12.3 Å². The molecule has 0 amide bonds. The van der Waals surface area contributed by atoms with Crippen molar-refractivity contribution in [3.63, 3.8) is 0 Å². The SMILES string of the molecule is O=C(O)C(F)Oc1ccc(F)nc1. The van der Waals surface area contributed by atoms with Crippen LogP contribution in [0.2, 0.25) is 0 Å². The Morgan fingerprint density at radius 1 is 1.62 bits per heavy atom. The van der Waals surface area contributed by atoms with E-state index in [1.807, 2.05) is 0 Å². The Balaban J connectivity index is 2.64. The van der Waals surface area contributed by atoms with Gasteiger partial charge in [-0.15, -0.1) is 0 Å². The molecule has 1 aromatic heterocycles. The zero-order valence-corrected chi connectivity index (χ0v) is 6.28. The van der Waals surface area contributed by atoms with Crippen LogP contribution in [0.3, 0.4) is 0 Å². The average Bonchev–Trinajstić information content (AvgIpc) is 2.08. The number of hydrogen-bond donors (Lipinski definition) is 1. The van der Waals surface area contributed by atoms with Crippen LogP contribution in [0.25, 0.3) is 0 Å². The van der Waals surface area contributed by atoms with Gasteiger partial charge in [0.1, 0.15) is 5.75 Å². The summed E-state index contributed by atoms with van der Waals surface area (Å²) in [7, 11) is 0. The molecule has 4 nitrogen and oxygen atoms in total. The van der Waals surface area contributed by atoms with Crippen LogP contribution in [0.15, 0.2) is 18.3 Å². The number of carbonyl (C=O) groups is 1. The zero-order valence-electron chi connectivity index (χ0n) is 6.28. The van der Waals surface area contributed by atoms with Gasteiger partial charge in [-0.05, 0) is 12.1 Å². The molecule has 0 aliphatic rings. The van der Waals surface area contributed by atoms with Crippen molar-refractivity contribution < 1.29 is 23.4 Å². The molecule has 0 spiro atoms. The van der Waals surface area contributed by atoms with Crippen LogP contribution in [0.1, 0.15) is 0 Å². The Hall–Kier alpha value is -1.72. The number of hydrogen-bond acceptors (Lipinski definition) is 3. The molecule has 0 aliphatic heterocycles. The molecule has 1 atom stereocenters. The smallest absolute Gasteiger partial charge is 0.378 e. The standard InChI is InChI=1S/C7H5F2NO3/c8-5-2-1-4(3-10-5)13-6(9)7(11)12/h1-3,6H,(H,11,12). The fourth-order valence-electron chi connectivity index (χ4n) is 0.602. The van der Waals surface area contributed by atoms with Crippen LogP contribution >= 0.6 is 0 Å². The number of ether oxygens (including phenoxy) is 1. The van der Waals surface area contributed by atoms with Gasteiger partial charge < -0.3 is 9.84 Å². The summed E-state index contributed by atoms with van der Waals surface area (Å²) in [6.45, 7) is 0. The van der Waals surface area contributed by atoms with Gasteiger partial charge in [-0.25, -0.2) is 9.78 Å². The fraction of sp³-hybridized carbons (Fsp3) is 0.143. The molecule has 0 radical (unpaired) electrons. The fourth-order valence-corrected chi connectivity index (χ4v) is 0.602. The van der Waals surface area contributed by atoms with Gasteiger partial charge in [0.05, 0.1) is 6.20 Å². The first-order valence-electron chi connectivity index (χ1n) is 3.24. The number of rotatable bonds is 3. The number of carboxylic acid groups (broad SMARTS) is 1. The minimum absolute atomic E-state index is 0.142. The zero-order chi connectivity index (χ0) is 9.84. The summed E-state index contributed by atoms with van der Waals surface area (Å²) in [4.78, 5) is 13.1. The minimum Gasteiger partial charge on any atom is -0.476 e. The van der Waals surface area contributed by atoms with Crippen LogP contribution in [-0.4, -0.2) is 22.4 Å². The predicted octanol–water partition coefficient (Wildman–Crippen LogP) is 0.980. The Morgan fingerprint density at radius 3 is 2.77 bits per heavy atom. The van der Waals surface area contributed by atoms with Crippen molar-refractivity contribution in [3.05, 3.63) is 24.3 Å². The summed E-state index contributed by atoms with van der Waals surface area (Å²) in [6.07, 6.45) is -1.57. The van der Waals surface area contributed by atoms with Gasteiger partial charge in [0.2, 0.25) is 5.95 Å². The Bertz CT molecular complexity index is 301. The average molecular weight is 189 g/mol. The number of aliphatic carboxylic acids is 1. The number of carboxylic acids is 1. The van der Waals surface area contributed by atoms with Crippen molar-refractivity contribution in [3.8, 4) is 5.75 Å². The third-order valence-corrected chi connectivity index (χ3v) is 1.13. The minimum atomic E-state index is -2.47. The lowest BCUT2D eigenvalue weighted by Crippen LogP contribution is -2.21. The third-order valence-electron chi connectivity index (χ3n) is 1.13. The second-order valence-electron chi connectivity index (χ2n) is 2.09. The molecule has 0 fully saturated rings. The van der Waals surface area contributed by atoms with E-state index in [0.29, 0.717) is 0 Å². The van der Waals surface area contributed by atoms with Crippen LogP contribution in [-0.2, 0) is 4.79 Å². The van der Waals surface area contributed by atoms with E-state index >= 15 is 0 Å². The number of pyridine rings is 1. The summed E-state index contributed by atoms with van der Waals surface area (Å²) >= 11 is 0. The third kappa shape index (κ3) is 2.66. The summed E-state index contributed by atoms with van der Waals surface area (Å²) in [6, 6.07) is 2.02. The molecule has 1 heterocycles. The van der Waals surface area contributed by atoms with Gasteiger partial charge in [0, 0.05) is 0 Å². The van der Waals surface area contributed by atoms with Crippen molar-refractivity contribution in [2.24, 2.45) is 0 Å². The molecule has 0 aromatic carbocycles. The van der Waals surface area contributed by atoms with Crippen molar-refractivity contribution in [2.45, 2.75) is 6.36 Å². The van der Waals surface area contributed by atoms with Crippen molar-refractivity contribution in [1.82, 2.24) is 4.98 Å². The number of nitrogens with zero attached hydrogens (tertiary/aromatic N) is 1. The van der Waals surface area contributed by atoms with E-state index in [-0.39, 0.29) is 5.75 Å². The van der Waals surface area contributed by atoms with Crippen LogP contribution in [0, 0.1) is 5.95 Å². The first-order valence-corrected chi connectivity index (χ1v) is 3.24. The lowest BCUT2D eigenvalue weighted by atomic mass is 10.4. The highest BCUT2D eigenvalue weighted by molar-refractivity contribution is 5.70. The van der Waals surface area contributed by atoms with Gasteiger partial charge in [-0.2, -0.15) is 8.78 Å². The molecular formula is C7H5F2NO3. The maximum atomic E-state index is 12.4. The first kappa shape index (κ1) is 9.37. The largest absolute Gasteiger partial charge is 0.476 e. The van der Waals surface area contributed by atoms with Crippen molar-refractivity contribution >= 4 is 5.97 Å². The number of alkyl halides is 1. The molecule has 0 saturated carbocycles. The molecule has 0 aliphatic carbocycles. The normalized spacial score (nSPS) is 12.2. The highest BCUT2D eigenvalue weighted by atomic mass is 19.1. The van der Waals surface area contributed by atoms with Gasteiger partial charge in [0.25, 0.3) is 0 Å². The van der Waals surface area contributed by atoms with Gasteiger partial charge in [-0.1, -0.05) is 0 Å². The topological polar surface area (TPSA) is 59.4 Å². The summed E-state index contributed by atoms with van der Waals surface area (Å²) in [5, 5.41) is 8.10. The quantitative estimate of drug-likeness (QED) is 0.720. The van der Waals surface area contributed by atoms with E-state index in [0.717, 1.165) is 18.3 Å². The van der Waals surface area contributed by atoms with Crippen molar-refractivity contribution in [2.75, 3.05) is 0 Å². The summed E-state index contributed by atoms with van der Waals surface area (Å²) in [5.41, 5.74) is 0. The van der Waals surface area contributed by atoms with E-state index in [4.69, 9.17) is 5.11 Å². The van der Waals surface area contributed by atoms with E-state index < -0.39 is 18.3 Å². The van der Waals surface area contributed by atoms with Crippen LogP contribution in [0.5, 0.6) is 5.75 Å². The van der Waals surface area contributed by atoms with Crippen LogP contribution in [0.4, 0.5) is 8.78 Å². The lowest BCUT2D eigenvalue weighted by molar-refractivity contribution is -0.153.